The zero-order valence-corrected chi connectivity index (χ0v) is 13.1. The lowest BCUT2D eigenvalue weighted by molar-refractivity contribution is 0.0891. The molecule has 0 spiro atoms. The normalized spacial score (nSPS) is 13.4. The van der Waals surface area contributed by atoms with Crippen LogP contribution in [0.1, 0.15) is 43.2 Å². The minimum absolute atomic E-state index is 0.0384. The second-order valence-electron chi connectivity index (χ2n) is 6.70. The predicted molar refractivity (Wildman–Crippen MR) is 82.3 cm³/mol. The zero-order valence-electron chi connectivity index (χ0n) is 13.1. The highest BCUT2D eigenvalue weighted by Crippen LogP contribution is 2.21. The number of imidazole rings is 1. The lowest BCUT2D eigenvalue weighted by Gasteiger charge is -2.25. The SMILES string of the molecule is Cc1ccc2ncc(C(=O)NC(CO)CC(C)(C)C)n2c1. The number of aliphatic hydroxyl groups is 1. The van der Waals surface area contributed by atoms with Crippen LogP contribution in [0, 0.1) is 12.3 Å². The Morgan fingerprint density at radius 3 is 2.76 bits per heavy atom. The van der Waals surface area contributed by atoms with Crippen molar-refractivity contribution < 1.29 is 9.90 Å². The van der Waals surface area contributed by atoms with Gasteiger partial charge in [-0.3, -0.25) is 9.20 Å². The third kappa shape index (κ3) is 3.82. The first-order chi connectivity index (χ1) is 9.80. The Kier molecular flexibility index (Phi) is 4.32. The Balaban J connectivity index is 2.20. The van der Waals surface area contributed by atoms with E-state index in [0.29, 0.717) is 12.1 Å². The van der Waals surface area contributed by atoms with E-state index in [1.807, 2.05) is 25.3 Å². The monoisotopic (exact) mass is 289 g/mol. The number of aliphatic hydroxyl groups excluding tert-OH is 1. The number of hydrogen-bond donors (Lipinski definition) is 2. The highest BCUT2D eigenvalue weighted by Gasteiger charge is 2.21. The molecular weight excluding hydrogens is 266 g/mol. The highest BCUT2D eigenvalue weighted by atomic mass is 16.3. The van der Waals surface area contributed by atoms with Gasteiger partial charge >= 0.3 is 0 Å². The summed E-state index contributed by atoms with van der Waals surface area (Å²) in [6, 6.07) is 3.58. The summed E-state index contributed by atoms with van der Waals surface area (Å²) in [5.74, 6) is -0.212. The van der Waals surface area contributed by atoms with Gasteiger partial charge in [-0.15, -0.1) is 0 Å². The number of hydrogen-bond acceptors (Lipinski definition) is 3. The van der Waals surface area contributed by atoms with Crippen LogP contribution in [0.2, 0.25) is 0 Å². The van der Waals surface area contributed by atoms with Crippen LogP contribution >= 0.6 is 0 Å². The maximum absolute atomic E-state index is 12.4. The van der Waals surface area contributed by atoms with Crippen molar-refractivity contribution in [3.63, 3.8) is 0 Å². The van der Waals surface area contributed by atoms with Gasteiger partial charge in [0, 0.05) is 6.20 Å². The van der Waals surface area contributed by atoms with Crippen molar-refractivity contribution in [3.8, 4) is 0 Å². The Morgan fingerprint density at radius 1 is 1.43 bits per heavy atom. The first-order valence-electron chi connectivity index (χ1n) is 7.15. The molecule has 0 radical (unpaired) electrons. The molecule has 0 aromatic carbocycles. The number of fused-ring (bicyclic) bond motifs is 1. The van der Waals surface area contributed by atoms with Crippen molar-refractivity contribution in [2.24, 2.45) is 5.41 Å². The van der Waals surface area contributed by atoms with Crippen molar-refractivity contribution in [2.75, 3.05) is 6.61 Å². The number of carbonyl (C=O) groups excluding carboxylic acids is 1. The first-order valence-corrected chi connectivity index (χ1v) is 7.15. The number of nitrogens with zero attached hydrogens (tertiary/aromatic N) is 2. The van der Waals surface area contributed by atoms with Crippen LogP contribution in [0.3, 0.4) is 0 Å². The number of amides is 1. The van der Waals surface area contributed by atoms with E-state index in [9.17, 15) is 9.90 Å². The average Bonchev–Trinajstić information content (AvgIpc) is 2.79. The minimum atomic E-state index is -0.257. The standard InChI is InChI=1S/C16H23N3O2/c1-11-5-6-14-17-8-13(19(14)9-11)15(21)18-12(10-20)7-16(2,3)4/h5-6,8-9,12,20H,7,10H2,1-4H3,(H,18,21). The fourth-order valence-electron chi connectivity index (χ4n) is 2.41. The summed E-state index contributed by atoms with van der Waals surface area (Å²) in [5.41, 5.74) is 2.32. The summed E-state index contributed by atoms with van der Waals surface area (Å²) in [6.07, 6.45) is 4.16. The Morgan fingerprint density at radius 2 is 2.14 bits per heavy atom. The molecule has 1 unspecified atom stereocenters. The maximum atomic E-state index is 12.4. The number of pyridine rings is 1. The number of aryl methyl sites for hydroxylation is 1. The molecule has 2 aromatic rings. The van der Waals surface area contributed by atoms with Crippen LogP contribution in [0.4, 0.5) is 0 Å². The molecular formula is C16H23N3O2. The van der Waals surface area contributed by atoms with Gasteiger partial charge in [0.1, 0.15) is 11.3 Å². The predicted octanol–water partition coefficient (Wildman–Crippen LogP) is 2.17. The molecule has 2 N–H and O–H groups in total. The van der Waals surface area contributed by atoms with Gasteiger partial charge in [0.2, 0.25) is 0 Å². The fraction of sp³-hybridized carbons (Fsp3) is 0.500. The molecule has 0 aliphatic heterocycles. The summed E-state index contributed by atoms with van der Waals surface area (Å²) >= 11 is 0. The fourth-order valence-corrected chi connectivity index (χ4v) is 2.41. The van der Waals surface area contributed by atoms with E-state index < -0.39 is 0 Å². The third-order valence-electron chi connectivity index (χ3n) is 3.30. The van der Waals surface area contributed by atoms with E-state index in [1.54, 1.807) is 10.6 Å². The Labute approximate surface area is 125 Å². The smallest absolute Gasteiger partial charge is 0.270 e. The molecule has 5 heteroatoms. The van der Waals surface area contributed by atoms with Gasteiger partial charge < -0.3 is 10.4 Å². The van der Waals surface area contributed by atoms with Crippen LogP contribution in [0.25, 0.3) is 5.65 Å². The van der Waals surface area contributed by atoms with Gasteiger partial charge in [0.05, 0.1) is 18.8 Å². The van der Waals surface area contributed by atoms with Gasteiger partial charge in [-0.2, -0.15) is 0 Å². The van der Waals surface area contributed by atoms with Crippen molar-refractivity contribution in [3.05, 3.63) is 35.8 Å². The number of carbonyl (C=O) groups is 1. The number of aromatic nitrogens is 2. The second kappa shape index (κ2) is 5.85. The van der Waals surface area contributed by atoms with Crippen LogP contribution < -0.4 is 5.32 Å². The Bertz CT molecular complexity index is 640. The van der Waals surface area contributed by atoms with Gasteiger partial charge in [0.15, 0.2) is 0 Å². The van der Waals surface area contributed by atoms with Crippen LogP contribution in [-0.2, 0) is 0 Å². The van der Waals surface area contributed by atoms with Crippen LogP contribution in [0.15, 0.2) is 24.5 Å². The molecule has 2 aromatic heterocycles. The average molecular weight is 289 g/mol. The van der Waals surface area contributed by atoms with Crippen molar-refractivity contribution in [1.82, 2.24) is 14.7 Å². The van der Waals surface area contributed by atoms with Crippen molar-refractivity contribution in [2.45, 2.75) is 40.2 Å². The molecule has 114 valence electrons. The molecule has 0 aliphatic rings. The summed E-state index contributed by atoms with van der Waals surface area (Å²) in [4.78, 5) is 16.6. The molecule has 0 saturated carbocycles. The van der Waals surface area contributed by atoms with E-state index in [4.69, 9.17) is 0 Å². The Hall–Kier alpha value is -1.88. The van der Waals surface area contributed by atoms with Gasteiger partial charge in [-0.05, 0) is 30.4 Å². The van der Waals surface area contributed by atoms with E-state index in [0.717, 1.165) is 11.2 Å². The van der Waals surface area contributed by atoms with E-state index in [2.05, 4.69) is 31.1 Å². The van der Waals surface area contributed by atoms with Crippen LogP contribution in [-0.4, -0.2) is 33.0 Å². The zero-order chi connectivity index (χ0) is 15.6. The van der Waals surface area contributed by atoms with Crippen LogP contribution in [0.5, 0.6) is 0 Å². The van der Waals surface area contributed by atoms with Crippen molar-refractivity contribution >= 4 is 11.6 Å². The molecule has 0 bridgehead atoms. The molecule has 5 nitrogen and oxygen atoms in total. The molecule has 1 atom stereocenters. The summed E-state index contributed by atoms with van der Waals surface area (Å²) in [7, 11) is 0. The van der Waals surface area contributed by atoms with Gasteiger partial charge in [0.25, 0.3) is 5.91 Å². The van der Waals surface area contributed by atoms with E-state index >= 15 is 0 Å². The molecule has 2 rings (SSSR count). The molecule has 0 fully saturated rings. The molecule has 2 heterocycles. The van der Waals surface area contributed by atoms with E-state index in [1.165, 1.54) is 0 Å². The third-order valence-corrected chi connectivity index (χ3v) is 3.30. The highest BCUT2D eigenvalue weighted by molar-refractivity contribution is 5.93. The first kappa shape index (κ1) is 15.5. The molecule has 1 amide bonds. The molecule has 0 saturated heterocycles. The lowest BCUT2D eigenvalue weighted by Crippen LogP contribution is -2.40. The summed E-state index contributed by atoms with van der Waals surface area (Å²) in [5, 5.41) is 12.3. The quantitative estimate of drug-likeness (QED) is 0.906. The van der Waals surface area contributed by atoms with Gasteiger partial charge in [-0.1, -0.05) is 26.8 Å². The largest absolute Gasteiger partial charge is 0.394 e. The lowest BCUT2D eigenvalue weighted by atomic mass is 9.88. The van der Waals surface area contributed by atoms with E-state index in [-0.39, 0.29) is 24.0 Å². The molecule has 0 aliphatic carbocycles. The van der Waals surface area contributed by atoms with Crippen molar-refractivity contribution in [1.29, 1.82) is 0 Å². The second-order valence-corrected chi connectivity index (χ2v) is 6.70. The minimum Gasteiger partial charge on any atom is -0.394 e. The summed E-state index contributed by atoms with van der Waals surface area (Å²) in [6.45, 7) is 8.15. The number of rotatable bonds is 4. The van der Waals surface area contributed by atoms with Gasteiger partial charge in [-0.25, -0.2) is 4.98 Å². The summed E-state index contributed by atoms with van der Waals surface area (Å²) < 4.78 is 1.77. The topological polar surface area (TPSA) is 66.6 Å². The number of nitrogens with one attached hydrogen (secondary N) is 1. The molecule has 21 heavy (non-hydrogen) atoms. The maximum Gasteiger partial charge on any atom is 0.270 e.